The minimum absolute atomic E-state index is 0.175. The second kappa shape index (κ2) is 8.51. The van der Waals surface area contributed by atoms with Gasteiger partial charge in [0.1, 0.15) is 0 Å². The van der Waals surface area contributed by atoms with Gasteiger partial charge < -0.3 is 9.72 Å². The molecule has 1 atom stereocenters. The van der Waals surface area contributed by atoms with Gasteiger partial charge in [0.15, 0.2) is 4.80 Å². The van der Waals surface area contributed by atoms with E-state index in [2.05, 4.69) is 23.8 Å². The van der Waals surface area contributed by atoms with Gasteiger partial charge in [-0.05, 0) is 49.1 Å². The van der Waals surface area contributed by atoms with Crippen molar-refractivity contribution in [3.63, 3.8) is 0 Å². The number of aromatic nitrogens is 2. The Labute approximate surface area is 184 Å². The highest BCUT2D eigenvalue weighted by molar-refractivity contribution is 7.07. The van der Waals surface area contributed by atoms with Crippen molar-refractivity contribution in [2.24, 2.45) is 4.99 Å². The number of rotatable bonds is 5. The highest BCUT2D eigenvalue weighted by atomic mass is 32.1. The van der Waals surface area contributed by atoms with Gasteiger partial charge >= 0.3 is 5.97 Å². The number of hydrogen-bond donors (Lipinski definition) is 1. The van der Waals surface area contributed by atoms with Crippen molar-refractivity contribution in [2.45, 2.75) is 39.7 Å². The van der Waals surface area contributed by atoms with Crippen molar-refractivity contribution in [2.75, 3.05) is 6.61 Å². The third-order valence-corrected chi connectivity index (χ3v) is 6.33. The fourth-order valence-corrected chi connectivity index (χ4v) is 4.78. The first-order chi connectivity index (χ1) is 14.9. The molecule has 7 heteroatoms. The number of carbonyl (C=O) groups is 1. The second-order valence-electron chi connectivity index (χ2n) is 7.75. The molecule has 4 rings (SSSR count). The summed E-state index contributed by atoms with van der Waals surface area (Å²) >= 11 is 1.32. The predicted octanol–water partition coefficient (Wildman–Crippen LogP) is 3.25. The van der Waals surface area contributed by atoms with Crippen LogP contribution >= 0.6 is 11.3 Å². The predicted molar refractivity (Wildman–Crippen MR) is 122 cm³/mol. The van der Waals surface area contributed by atoms with Crippen LogP contribution in [0.3, 0.4) is 0 Å². The van der Waals surface area contributed by atoms with Crippen molar-refractivity contribution in [1.82, 2.24) is 9.55 Å². The van der Waals surface area contributed by atoms with E-state index in [0.717, 1.165) is 11.3 Å². The number of benzene rings is 1. The van der Waals surface area contributed by atoms with Crippen molar-refractivity contribution >= 4 is 23.4 Å². The van der Waals surface area contributed by atoms with E-state index in [-0.39, 0.29) is 12.2 Å². The zero-order chi connectivity index (χ0) is 22.1. The Hall–Kier alpha value is -3.19. The van der Waals surface area contributed by atoms with E-state index >= 15 is 0 Å². The van der Waals surface area contributed by atoms with Crippen LogP contribution in [0.4, 0.5) is 0 Å². The first kappa shape index (κ1) is 21.1. The normalized spacial score (nSPS) is 16.4. The fourth-order valence-electron chi connectivity index (χ4n) is 3.75. The third-order valence-electron chi connectivity index (χ3n) is 5.34. The lowest BCUT2D eigenvalue weighted by Gasteiger charge is -2.25. The summed E-state index contributed by atoms with van der Waals surface area (Å²) in [6.45, 7) is 8.08. The molecule has 0 radical (unpaired) electrons. The maximum atomic E-state index is 13.4. The second-order valence-corrected chi connectivity index (χ2v) is 8.76. The van der Waals surface area contributed by atoms with Gasteiger partial charge in [0.05, 0.1) is 28.5 Å². The summed E-state index contributed by atoms with van der Waals surface area (Å²) in [6, 6.07) is 11.3. The number of fused-ring (bicyclic) bond motifs is 1. The molecule has 3 heterocycles. The first-order valence-electron chi connectivity index (χ1n) is 10.3. The minimum atomic E-state index is -0.581. The smallest absolute Gasteiger partial charge is 0.338 e. The average molecular weight is 436 g/mol. The molecule has 0 saturated carbocycles. The van der Waals surface area contributed by atoms with Gasteiger partial charge in [-0.15, -0.1) is 0 Å². The number of carbonyl (C=O) groups excluding carboxylic acids is 1. The molecule has 0 aliphatic carbocycles. The quantitative estimate of drug-likeness (QED) is 0.625. The maximum absolute atomic E-state index is 13.4. The molecule has 1 aliphatic rings. The van der Waals surface area contributed by atoms with Crippen LogP contribution in [-0.4, -0.2) is 22.1 Å². The van der Waals surface area contributed by atoms with Gasteiger partial charge in [-0.3, -0.25) is 9.36 Å². The molecule has 31 heavy (non-hydrogen) atoms. The van der Waals surface area contributed by atoms with E-state index in [9.17, 15) is 9.59 Å². The minimum Gasteiger partial charge on any atom is -0.463 e. The van der Waals surface area contributed by atoms with Crippen molar-refractivity contribution in [3.8, 4) is 0 Å². The summed E-state index contributed by atoms with van der Waals surface area (Å²) in [5.74, 6) is -0.0565. The van der Waals surface area contributed by atoms with Crippen LogP contribution < -0.4 is 14.9 Å². The van der Waals surface area contributed by atoms with Crippen LogP contribution in [0.2, 0.25) is 0 Å². The lowest BCUT2D eigenvalue weighted by molar-refractivity contribution is -0.139. The van der Waals surface area contributed by atoms with Crippen LogP contribution in [0.5, 0.6) is 0 Å². The molecule has 0 fully saturated rings. The zero-order valence-electron chi connectivity index (χ0n) is 18.0. The van der Waals surface area contributed by atoms with Crippen LogP contribution in [0, 0.1) is 0 Å². The number of hydrogen-bond acceptors (Lipinski definition) is 5. The Morgan fingerprint density at radius 1 is 1.29 bits per heavy atom. The zero-order valence-corrected chi connectivity index (χ0v) is 18.8. The summed E-state index contributed by atoms with van der Waals surface area (Å²) in [5.41, 5.74) is 3.69. The van der Waals surface area contributed by atoms with E-state index in [1.54, 1.807) is 18.4 Å². The maximum Gasteiger partial charge on any atom is 0.338 e. The summed E-state index contributed by atoms with van der Waals surface area (Å²) in [4.78, 5) is 34.6. The van der Waals surface area contributed by atoms with Crippen LogP contribution in [0.1, 0.15) is 56.5 Å². The molecular weight excluding hydrogens is 410 g/mol. The lowest BCUT2D eigenvalue weighted by Crippen LogP contribution is -2.39. The lowest BCUT2D eigenvalue weighted by atomic mass is 9.93. The molecule has 0 amide bonds. The largest absolute Gasteiger partial charge is 0.463 e. The molecule has 3 aromatic rings. The van der Waals surface area contributed by atoms with Crippen LogP contribution in [-0.2, 0) is 9.53 Å². The number of aromatic amines is 1. The Morgan fingerprint density at radius 2 is 2.03 bits per heavy atom. The fraction of sp³-hybridized carbons (Fsp3) is 0.292. The number of ether oxygens (including phenoxy) is 1. The summed E-state index contributed by atoms with van der Waals surface area (Å²) in [6.07, 6.45) is 3.62. The third kappa shape index (κ3) is 3.93. The Kier molecular flexibility index (Phi) is 5.78. The van der Waals surface area contributed by atoms with Gasteiger partial charge in [0.2, 0.25) is 0 Å². The highest BCUT2D eigenvalue weighted by Gasteiger charge is 2.33. The Bertz CT molecular complexity index is 1310. The average Bonchev–Trinajstić information content (AvgIpc) is 3.35. The first-order valence-corrected chi connectivity index (χ1v) is 11.1. The summed E-state index contributed by atoms with van der Waals surface area (Å²) in [5, 5.41) is 0. The molecule has 1 N–H and O–H groups in total. The van der Waals surface area contributed by atoms with Gasteiger partial charge in [-0.1, -0.05) is 49.4 Å². The summed E-state index contributed by atoms with van der Waals surface area (Å²) in [7, 11) is 0. The molecular formula is C24H25N3O3S. The van der Waals surface area contributed by atoms with Crippen molar-refractivity contribution < 1.29 is 9.53 Å². The number of esters is 1. The standard InChI is InChI=1S/C24H25N3O3S/c1-5-30-23(29)20-15(4)26-24-27(21(20)17-10-8-16(9-11-17)14(2)3)22(28)19(31-24)13-18-7-6-12-25-18/h6-14,21,25H,5H2,1-4H3. The topological polar surface area (TPSA) is 76.4 Å². The van der Waals surface area contributed by atoms with E-state index in [0.29, 0.717) is 26.5 Å². The number of allylic oxidation sites excluding steroid dienone is 1. The van der Waals surface area contributed by atoms with Gasteiger partial charge in [-0.25, -0.2) is 9.79 Å². The van der Waals surface area contributed by atoms with E-state index in [1.165, 1.54) is 16.9 Å². The Morgan fingerprint density at radius 3 is 2.65 bits per heavy atom. The molecule has 6 nitrogen and oxygen atoms in total. The number of H-pyrrole nitrogens is 1. The number of nitrogens with zero attached hydrogens (tertiary/aromatic N) is 2. The SMILES string of the molecule is CCOC(=O)C1=C(C)N=c2sc(=Cc3ccc[nH]3)c(=O)n2C1c1ccc(C(C)C)cc1. The van der Waals surface area contributed by atoms with Crippen LogP contribution in [0.25, 0.3) is 6.08 Å². The van der Waals surface area contributed by atoms with E-state index in [4.69, 9.17) is 4.74 Å². The summed E-state index contributed by atoms with van der Waals surface area (Å²) < 4.78 is 7.50. The van der Waals surface area contributed by atoms with Crippen LogP contribution in [0.15, 0.2) is 63.7 Å². The van der Waals surface area contributed by atoms with Gasteiger partial charge in [0, 0.05) is 11.9 Å². The monoisotopic (exact) mass is 435 g/mol. The molecule has 0 spiro atoms. The Balaban J connectivity index is 1.94. The van der Waals surface area contributed by atoms with E-state index in [1.807, 2.05) is 48.7 Å². The highest BCUT2D eigenvalue weighted by Crippen LogP contribution is 2.31. The van der Waals surface area contributed by atoms with Crippen molar-refractivity contribution in [3.05, 3.63) is 90.4 Å². The molecule has 0 bridgehead atoms. The molecule has 1 aliphatic heterocycles. The molecule has 1 unspecified atom stereocenters. The number of thiazole rings is 1. The van der Waals surface area contributed by atoms with Crippen molar-refractivity contribution in [1.29, 1.82) is 0 Å². The molecule has 1 aromatic carbocycles. The molecule has 2 aromatic heterocycles. The molecule has 0 saturated heterocycles. The van der Waals surface area contributed by atoms with Gasteiger partial charge in [0.25, 0.3) is 5.56 Å². The molecule has 160 valence electrons. The number of nitrogens with one attached hydrogen (secondary N) is 1. The van der Waals surface area contributed by atoms with Gasteiger partial charge in [-0.2, -0.15) is 0 Å². The van der Waals surface area contributed by atoms with E-state index < -0.39 is 12.0 Å².